The maximum Gasteiger partial charge on any atom is 0.335 e. The zero-order valence-corrected chi connectivity index (χ0v) is 8.13. The fraction of sp³-hybridized carbons (Fsp3) is 0.889. The topological polar surface area (TPSA) is 35.5 Å². The van der Waals surface area contributed by atoms with Gasteiger partial charge in [-0.05, 0) is 12.8 Å². The highest BCUT2D eigenvalue weighted by molar-refractivity contribution is 5.74. The second-order valence-electron chi connectivity index (χ2n) is 2.68. The summed E-state index contributed by atoms with van der Waals surface area (Å²) in [6.07, 6.45) is 2.15. The van der Waals surface area contributed by atoms with Gasteiger partial charge in [0.1, 0.15) is 0 Å². The van der Waals surface area contributed by atoms with Gasteiger partial charge >= 0.3 is 5.97 Å². The van der Waals surface area contributed by atoms with Gasteiger partial charge in [-0.15, -0.1) is 0 Å². The van der Waals surface area contributed by atoms with Gasteiger partial charge in [0.2, 0.25) is 0 Å². The molecule has 0 aromatic rings. The molecule has 1 unspecified atom stereocenters. The number of hydrogen-bond donors (Lipinski definition) is 0. The van der Waals surface area contributed by atoms with Crippen molar-refractivity contribution < 1.29 is 14.3 Å². The molecule has 0 bridgehead atoms. The molecule has 0 saturated carbocycles. The molecule has 0 aromatic carbocycles. The molecular weight excluding hydrogens is 156 g/mol. The van der Waals surface area contributed by atoms with Gasteiger partial charge in [0, 0.05) is 7.11 Å². The van der Waals surface area contributed by atoms with Gasteiger partial charge in [-0.2, -0.15) is 0 Å². The van der Waals surface area contributed by atoms with Crippen LogP contribution < -0.4 is 0 Å². The number of ether oxygens (including phenoxy) is 2. The summed E-state index contributed by atoms with van der Waals surface area (Å²) in [5.41, 5.74) is 0. The van der Waals surface area contributed by atoms with Crippen LogP contribution in [0.3, 0.4) is 0 Å². The largest absolute Gasteiger partial charge is 0.464 e. The Hall–Kier alpha value is -0.570. The number of hydrogen-bond acceptors (Lipinski definition) is 3. The van der Waals surface area contributed by atoms with Crippen molar-refractivity contribution in [3.63, 3.8) is 0 Å². The summed E-state index contributed by atoms with van der Waals surface area (Å²) in [5.74, 6) is -0.235. The lowest BCUT2D eigenvalue weighted by Crippen LogP contribution is -2.25. The van der Waals surface area contributed by atoms with Crippen molar-refractivity contribution in [3.8, 4) is 0 Å². The van der Waals surface area contributed by atoms with E-state index in [1.165, 1.54) is 7.11 Å². The molecule has 0 aliphatic rings. The van der Waals surface area contributed by atoms with Gasteiger partial charge in [0.05, 0.1) is 6.61 Å². The summed E-state index contributed by atoms with van der Waals surface area (Å²) in [6, 6.07) is 0. The van der Waals surface area contributed by atoms with Crippen molar-refractivity contribution in [2.45, 2.75) is 39.2 Å². The standard InChI is InChI=1S/C9H18O3/c1-4-6-8(11-3)9(10)12-7-5-2/h8H,4-7H2,1-3H3. The van der Waals surface area contributed by atoms with Gasteiger partial charge in [0.25, 0.3) is 0 Å². The van der Waals surface area contributed by atoms with Crippen molar-refractivity contribution in [2.24, 2.45) is 0 Å². The van der Waals surface area contributed by atoms with E-state index < -0.39 is 0 Å². The van der Waals surface area contributed by atoms with Crippen molar-refractivity contribution >= 4 is 5.97 Å². The molecule has 3 nitrogen and oxygen atoms in total. The lowest BCUT2D eigenvalue weighted by atomic mass is 10.2. The van der Waals surface area contributed by atoms with E-state index >= 15 is 0 Å². The van der Waals surface area contributed by atoms with Crippen LogP contribution in [0.4, 0.5) is 0 Å². The van der Waals surface area contributed by atoms with Gasteiger partial charge < -0.3 is 9.47 Å². The molecule has 0 spiro atoms. The van der Waals surface area contributed by atoms with E-state index in [0.29, 0.717) is 6.61 Å². The molecule has 0 saturated heterocycles. The van der Waals surface area contributed by atoms with Crippen LogP contribution in [0.5, 0.6) is 0 Å². The molecule has 0 fully saturated rings. The van der Waals surface area contributed by atoms with Gasteiger partial charge in [0.15, 0.2) is 6.10 Å². The minimum Gasteiger partial charge on any atom is -0.464 e. The van der Waals surface area contributed by atoms with E-state index in [1.54, 1.807) is 0 Å². The maximum absolute atomic E-state index is 11.2. The molecule has 72 valence electrons. The first kappa shape index (κ1) is 11.4. The Morgan fingerprint density at radius 3 is 2.42 bits per heavy atom. The summed E-state index contributed by atoms with van der Waals surface area (Å²) >= 11 is 0. The normalized spacial score (nSPS) is 12.6. The number of carbonyl (C=O) groups is 1. The number of methoxy groups -OCH3 is 1. The van der Waals surface area contributed by atoms with Crippen LogP contribution in [0, 0.1) is 0 Å². The lowest BCUT2D eigenvalue weighted by Gasteiger charge is -2.12. The SMILES string of the molecule is CCCOC(=O)C(CCC)OC. The lowest BCUT2D eigenvalue weighted by molar-refractivity contribution is -0.155. The molecule has 0 aliphatic heterocycles. The molecule has 12 heavy (non-hydrogen) atoms. The van der Waals surface area contributed by atoms with E-state index in [4.69, 9.17) is 9.47 Å². The Labute approximate surface area is 74.0 Å². The second-order valence-corrected chi connectivity index (χ2v) is 2.68. The summed E-state index contributed by atoms with van der Waals surface area (Å²) in [4.78, 5) is 11.2. The van der Waals surface area contributed by atoms with E-state index in [2.05, 4.69) is 0 Å². The van der Waals surface area contributed by atoms with Crippen LogP contribution in [-0.2, 0) is 14.3 Å². The third-order valence-electron chi connectivity index (χ3n) is 1.55. The Kier molecular flexibility index (Phi) is 6.76. The third-order valence-corrected chi connectivity index (χ3v) is 1.55. The van der Waals surface area contributed by atoms with Crippen molar-refractivity contribution in [3.05, 3.63) is 0 Å². The van der Waals surface area contributed by atoms with E-state index in [-0.39, 0.29) is 12.1 Å². The van der Waals surface area contributed by atoms with Crippen molar-refractivity contribution in [2.75, 3.05) is 13.7 Å². The maximum atomic E-state index is 11.2. The molecule has 1 atom stereocenters. The first-order chi connectivity index (χ1) is 5.76. The smallest absolute Gasteiger partial charge is 0.335 e. The van der Waals surface area contributed by atoms with Crippen LogP contribution in [-0.4, -0.2) is 25.8 Å². The predicted octanol–water partition coefficient (Wildman–Crippen LogP) is 1.75. The van der Waals surface area contributed by atoms with Crippen LogP contribution in [0.25, 0.3) is 0 Å². The molecule has 0 rings (SSSR count). The highest BCUT2D eigenvalue weighted by atomic mass is 16.6. The van der Waals surface area contributed by atoms with Crippen molar-refractivity contribution in [1.29, 1.82) is 0 Å². The Morgan fingerprint density at radius 2 is 2.00 bits per heavy atom. The molecule has 0 aromatic heterocycles. The fourth-order valence-corrected chi connectivity index (χ4v) is 0.890. The highest BCUT2D eigenvalue weighted by Gasteiger charge is 2.17. The quantitative estimate of drug-likeness (QED) is 0.575. The van der Waals surface area contributed by atoms with Crippen LogP contribution >= 0.6 is 0 Å². The first-order valence-electron chi connectivity index (χ1n) is 4.45. The van der Waals surface area contributed by atoms with E-state index in [0.717, 1.165) is 19.3 Å². The number of carbonyl (C=O) groups excluding carboxylic acids is 1. The third kappa shape index (κ3) is 4.34. The number of esters is 1. The average molecular weight is 174 g/mol. The monoisotopic (exact) mass is 174 g/mol. The highest BCUT2D eigenvalue weighted by Crippen LogP contribution is 2.03. The molecular formula is C9H18O3. The Morgan fingerprint density at radius 1 is 1.33 bits per heavy atom. The van der Waals surface area contributed by atoms with E-state index in [1.807, 2.05) is 13.8 Å². The second kappa shape index (κ2) is 7.10. The molecule has 0 N–H and O–H groups in total. The molecule has 3 heteroatoms. The summed E-state index contributed by atoms with van der Waals surface area (Å²) in [7, 11) is 1.54. The zero-order valence-electron chi connectivity index (χ0n) is 8.13. The minimum absolute atomic E-state index is 0.235. The predicted molar refractivity (Wildman–Crippen MR) is 47.0 cm³/mol. The summed E-state index contributed by atoms with van der Waals surface area (Å²) in [6.45, 7) is 4.47. The van der Waals surface area contributed by atoms with Crippen molar-refractivity contribution in [1.82, 2.24) is 0 Å². The van der Waals surface area contributed by atoms with E-state index in [9.17, 15) is 4.79 Å². The van der Waals surface area contributed by atoms with Crippen LogP contribution in [0.1, 0.15) is 33.1 Å². The summed E-state index contributed by atoms with van der Waals surface area (Å²) < 4.78 is 9.91. The van der Waals surface area contributed by atoms with Gasteiger partial charge in [-0.25, -0.2) is 4.79 Å². The van der Waals surface area contributed by atoms with Gasteiger partial charge in [-0.3, -0.25) is 0 Å². The first-order valence-corrected chi connectivity index (χ1v) is 4.45. The molecule has 0 heterocycles. The van der Waals surface area contributed by atoms with Gasteiger partial charge in [-0.1, -0.05) is 20.3 Å². The Bertz CT molecular complexity index is 123. The Balaban J connectivity index is 3.69. The zero-order chi connectivity index (χ0) is 9.40. The van der Waals surface area contributed by atoms with Crippen LogP contribution in [0.15, 0.2) is 0 Å². The van der Waals surface area contributed by atoms with Crippen LogP contribution in [0.2, 0.25) is 0 Å². The molecule has 0 radical (unpaired) electrons. The molecule has 0 aliphatic carbocycles. The average Bonchev–Trinajstić information content (AvgIpc) is 2.10. The number of rotatable bonds is 6. The summed E-state index contributed by atoms with van der Waals surface area (Å²) in [5, 5.41) is 0. The fourth-order valence-electron chi connectivity index (χ4n) is 0.890. The molecule has 0 amide bonds. The minimum atomic E-state index is -0.374.